The number of hydrogen-bond donors (Lipinski definition) is 0. The second-order valence-corrected chi connectivity index (χ2v) is 7.96. The van der Waals surface area contributed by atoms with E-state index in [4.69, 9.17) is 4.74 Å². The first kappa shape index (κ1) is 19.5. The van der Waals surface area contributed by atoms with Crippen molar-refractivity contribution in [3.63, 3.8) is 0 Å². The lowest BCUT2D eigenvalue weighted by atomic mass is 9.82. The zero-order chi connectivity index (χ0) is 21.2. The van der Waals surface area contributed by atoms with E-state index in [0.29, 0.717) is 0 Å². The van der Waals surface area contributed by atoms with Gasteiger partial charge in [0, 0.05) is 12.1 Å². The van der Waals surface area contributed by atoms with Gasteiger partial charge in [-0.2, -0.15) is 0 Å². The van der Waals surface area contributed by atoms with Gasteiger partial charge in [0.25, 0.3) is 5.69 Å². The van der Waals surface area contributed by atoms with Gasteiger partial charge in [-0.25, -0.2) is 0 Å². The molecule has 3 aromatic rings. The van der Waals surface area contributed by atoms with Gasteiger partial charge >= 0.3 is 0 Å². The van der Waals surface area contributed by atoms with Crippen molar-refractivity contribution in [1.29, 1.82) is 0 Å². The van der Waals surface area contributed by atoms with Gasteiger partial charge in [-0.15, -0.1) is 0 Å². The minimum absolute atomic E-state index is 0.0615. The number of nitrogens with zero attached hydrogens (tertiary/aromatic N) is 1. The third-order valence-electron chi connectivity index (χ3n) is 6.06. The zero-order valence-electron chi connectivity index (χ0n) is 17.1. The highest BCUT2D eigenvalue weighted by Crippen LogP contribution is 2.49. The number of benzene rings is 3. The largest absolute Gasteiger partial charge is 0.361 e. The fourth-order valence-corrected chi connectivity index (χ4v) is 4.63. The Balaban J connectivity index is 1.74. The minimum Gasteiger partial charge on any atom is -0.361 e. The van der Waals surface area contributed by atoms with Gasteiger partial charge in [0.15, 0.2) is 0 Å². The van der Waals surface area contributed by atoms with E-state index in [2.05, 4.69) is 54.6 Å². The molecule has 154 valence electrons. The zero-order valence-corrected chi connectivity index (χ0v) is 17.1. The summed E-state index contributed by atoms with van der Waals surface area (Å²) in [5, 5.41) is 11.1. The second-order valence-electron chi connectivity index (χ2n) is 7.96. The Morgan fingerprint density at radius 3 is 2.06 bits per heavy atom. The Morgan fingerprint density at radius 1 is 0.871 bits per heavy atom. The third-order valence-corrected chi connectivity index (χ3v) is 6.06. The van der Waals surface area contributed by atoms with Gasteiger partial charge in [0.05, 0.1) is 11.0 Å². The van der Waals surface area contributed by atoms with Crippen LogP contribution < -0.4 is 0 Å². The molecular formula is C27H23NO3. The van der Waals surface area contributed by atoms with Crippen LogP contribution in [0.5, 0.6) is 0 Å². The van der Waals surface area contributed by atoms with E-state index >= 15 is 0 Å². The highest BCUT2D eigenvalue weighted by Gasteiger charge is 2.39. The van der Waals surface area contributed by atoms with Crippen LogP contribution in [0.4, 0.5) is 5.69 Å². The summed E-state index contributed by atoms with van der Waals surface area (Å²) in [5.41, 5.74) is 6.93. The summed E-state index contributed by atoms with van der Waals surface area (Å²) < 4.78 is 6.59. The van der Waals surface area contributed by atoms with Crippen molar-refractivity contribution < 1.29 is 9.66 Å². The lowest BCUT2D eigenvalue weighted by Crippen LogP contribution is -2.11. The maximum absolute atomic E-state index is 11.1. The van der Waals surface area contributed by atoms with E-state index in [0.717, 1.165) is 36.0 Å². The van der Waals surface area contributed by atoms with E-state index in [1.165, 1.54) is 16.7 Å². The van der Waals surface area contributed by atoms with Crippen molar-refractivity contribution in [3.05, 3.63) is 129 Å². The molecule has 1 heterocycles. The molecule has 0 radical (unpaired) electrons. The summed E-state index contributed by atoms with van der Waals surface area (Å²) in [6.07, 6.45) is 5.27. The molecule has 1 saturated heterocycles. The Morgan fingerprint density at radius 2 is 1.48 bits per heavy atom. The third kappa shape index (κ3) is 3.71. The number of ether oxygens (including phenoxy) is 1. The number of allylic oxidation sites excluding steroid dienone is 1. The standard InChI is InChI=1S/C27H23NO3/c29-28(30)22-17-15-21(16-18-22)27-26(23-13-7-8-14-24(23)31-27)25(19-9-3-1-4-10-19)20-11-5-2-6-12-20/h1-6,9-13,15-18,24,27H,7-8,14H2. The van der Waals surface area contributed by atoms with Crippen LogP contribution in [0.15, 0.2) is 102 Å². The molecule has 2 atom stereocenters. The molecule has 2 aliphatic rings. The molecule has 1 fully saturated rings. The van der Waals surface area contributed by atoms with Crippen LogP contribution >= 0.6 is 0 Å². The number of rotatable bonds is 4. The quantitative estimate of drug-likeness (QED) is 0.358. The molecule has 1 aliphatic carbocycles. The van der Waals surface area contributed by atoms with Crippen molar-refractivity contribution >= 4 is 11.3 Å². The van der Waals surface area contributed by atoms with Crippen molar-refractivity contribution in [2.75, 3.05) is 0 Å². The molecule has 0 saturated carbocycles. The number of hydrogen-bond acceptors (Lipinski definition) is 3. The van der Waals surface area contributed by atoms with E-state index in [9.17, 15) is 10.1 Å². The Labute approximate surface area is 181 Å². The Hall–Kier alpha value is -3.50. The van der Waals surface area contributed by atoms with Crippen molar-refractivity contribution in [2.24, 2.45) is 0 Å². The Bertz CT molecular complexity index is 1110. The van der Waals surface area contributed by atoms with Gasteiger partial charge in [-0.3, -0.25) is 10.1 Å². The molecule has 0 bridgehead atoms. The van der Waals surface area contributed by atoms with Gasteiger partial charge in [0.1, 0.15) is 6.10 Å². The number of nitro benzene ring substituents is 1. The summed E-state index contributed by atoms with van der Waals surface area (Å²) in [5.74, 6) is 0. The predicted molar refractivity (Wildman–Crippen MR) is 122 cm³/mol. The summed E-state index contributed by atoms with van der Waals surface area (Å²) >= 11 is 0. The molecule has 31 heavy (non-hydrogen) atoms. The molecule has 0 amide bonds. The van der Waals surface area contributed by atoms with Gasteiger partial charge in [0.2, 0.25) is 0 Å². The van der Waals surface area contributed by atoms with Gasteiger partial charge in [-0.1, -0.05) is 66.7 Å². The SMILES string of the molecule is O=[N+]([O-])c1ccc(C2OC3CCCC=C3C2=C(c2ccccc2)c2ccccc2)cc1. The van der Waals surface area contributed by atoms with Crippen LogP contribution in [0.1, 0.15) is 42.1 Å². The van der Waals surface area contributed by atoms with Gasteiger partial charge in [-0.05, 0) is 64.8 Å². The normalized spacial score (nSPS) is 20.1. The van der Waals surface area contributed by atoms with Crippen LogP contribution in [0, 0.1) is 10.1 Å². The Kier molecular flexibility index (Phi) is 5.23. The van der Waals surface area contributed by atoms with Crippen LogP contribution in [-0.4, -0.2) is 11.0 Å². The maximum Gasteiger partial charge on any atom is 0.269 e. The molecule has 0 N–H and O–H groups in total. The monoisotopic (exact) mass is 409 g/mol. The number of nitro groups is 1. The summed E-state index contributed by atoms with van der Waals surface area (Å²) in [7, 11) is 0. The van der Waals surface area contributed by atoms with Crippen LogP contribution in [0.3, 0.4) is 0 Å². The van der Waals surface area contributed by atoms with Crippen LogP contribution in [-0.2, 0) is 4.74 Å². The van der Waals surface area contributed by atoms with Crippen LogP contribution in [0.2, 0.25) is 0 Å². The molecule has 5 rings (SSSR count). The molecule has 0 spiro atoms. The highest BCUT2D eigenvalue weighted by atomic mass is 16.6. The van der Waals surface area contributed by atoms with Crippen LogP contribution in [0.25, 0.3) is 5.57 Å². The molecule has 4 nitrogen and oxygen atoms in total. The van der Waals surface area contributed by atoms with Crippen molar-refractivity contribution in [3.8, 4) is 0 Å². The summed E-state index contributed by atoms with van der Waals surface area (Å²) in [4.78, 5) is 10.8. The van der Waals surface area contributed by atoms with E-state index in [-0.39, 0.29) is 22.8 Å². The minimum atomic E-state index is -0.363. The molecule has 3 aromatic carbocycles. The molecule has 2 unspecified atom stereocenters. The topological polar surface area (TPSA) is 52.4 Å². The average Bonchev–Trinajstić information content (AvgIpc) is 3.20. The number of fused-ring (bicyclic) bond motifs is 1. The highest BCUT2D eigenvalue weighted by molar-refractivity contribution is 5.86. The first-order valence-electron chi connectivity index (χ1n) is 10.7. The molecule has 0 aromatic heterocycles. The number of non-ortho nitro benzene ring substituents is 1. The molecule has 4 heteroatoms. The molecule has 1 aliphatic heterocycles. The maximum atomic E-state index is 11.1. The smallest absolute Gasteiger partial charge is 0.269 e. The fourth-order valence-electron chi connectivity index (χ4n) is 4.63. The summed E-state index contributed by atoms with van der Waals surface area (Å²) in [6, 6.07) is 27.6. The van der Waals surface area contributed by atoms with E-state index < -0.39 is 0 Å². The van der Waals surface area contributed by atoms with Crippen molar-refractivity contribution in [2.45, 2.75) is 31.5 Å². The van der Waals surface area contributed by atoms with Crippen molar-refractivity contribution in [1.82, 2.24) is 0 Å². The van der Waals surface area contributed by atoms with Gasteiger partial charge < -0.3 is 4.74 Å². The first-order chi connectivity index (χ1) is 15.2. The van der Waals surface area contributed by atoms with E-state index in [1.807, 2.05) is 24.3 Å². The first-order valence-corrected chi connectivity index (χ1v) is 10.7. The fraction of sp³-hybridized carbons (Fsp3) is 0.185. The summed E-state index contributed by atoms with van der Waals surface area (Å²) in [6.45, 7) is 0. The second kappa shape index (κ2) is 8.32. The average molecular weight is 409 g/mol. The van der Waals surface area contributed by atoms with E-state index in [1.54, 1.807) is 12.1 Å². The predicted octanol–water partition coefficient (Wildman–Crippen LogP) is 6.65. The molecular weight excluding hydrogens is 386 g/mol. The lowest BCUT2D eigenvalue weighted by molar-refractivity contribution is -0.384. The lowest BCUT2D eigenvalue weighted by Gasteiger charge is -2.19.